The van der Waals surface area contributed by atoms with Gasteiger partial charge >= 0.3 is 0 Å². The molecule has 0 saturated heterocycles. The number of hydrogen-bond acceptors (Lipinski definition) is 2. The molecule has 2 aromatic heterocycles. The Labute approximate surface area is 231 Å². The fourth-order valence-electron chi connectivity index (χ4n) is 5.47. The highest BCUT2D eigenvalue weighted by Crippen LogP contribution is 2.32. The van der Waals surface area contributed by atoms with Crippen molar-refractivity contribution in [1.29, 1.82) is 0 Å². The van der Waals surface area contributed by atoms with Crippen LogP contribution in [0.3, 0.4) is 0 Å². The molecule has 186 valence electrons. The van der Waals surface area contributed by atoms with Crippen LogP contribution in [-0.2, 0) is 20.0 Å². The van der Waals surface area contributed by atoms with Gasteiger partial charge < -0.3 is 9.13 Å². The molecule has 0 aliphatic heterocycles. The highest BCUT2D eigenvalue weighted by Gasteiger charge is 2.19. The predicted octanol–water partition coefficient (Wildman–Crippen LogP) is 7.91. The van der Waals surface area contributed by atoms with Gasteiger partial charge in [-0.3, -0.25) is 0 Å². The molecule has 3 aromatic carbocycles. The van der Waals surface area contributed by atoms with Crippen molar-refractivity contribution in [1.82, 2.24) is 19.1 Å². The Morgan fingerprint density at radius 3 is 2.46 bits per heavy atom. The second-order valence-electron chi connectivity index (χ2n) is 9.99. The van der Waals surface area contributed by atoms with Gasteiger partial charge in [0.05, 0.1) is 22.1 Å². The molecule has 2 atom stereocenters. The van der Waals surface area contributed by atoms with Crippen molar-refractivity contribution in [3.63, 3.8) is 0 Å². The normalized spacial score (nSPS) is 17.3. The van der Waals surface area contributed by atoms with Crippen molar-refractivity contribution in [2.24, 2.45) is 7.05 Å². The number of allylic oxidation sites excluding steroid dienone is 4. The summed E-state index contributed by atoms with van der Waals surface area (Å²) in [5.74, 6) is 2.57. The van der Waals surface area contributed by atoms with Crippen molar-refractivity contribution in [3.05, 3.63) is 107 Å². The third-order valence-corrected chi connectivity index (χ3v) is 8.61. The molecule has 2 heterocycles. The molecule has 37 heavy (non-hydrogen) atoms. The van der Waals surface area contributed by atoms with E-state index in [1.807, 2.05) is 6.07 Å². The monoisotopic (exact) mass is 598 g/mol. The summed E-state index contributed by atoms with van der Waals surface area (Å²) < 4.78 is 5.10. The van der Waals surface area contributed by atoms with Crippen molar-refractivity contribution >= 4 is 44.7 Å². The number of hydrogen-bond donors (Lipinski definition) is 0. The van der Waals surface area contributed by atoms with E-state index >= 15 is 0 Å². The van der Waals surface area contributed by atoms with Crippen LogP contribution in [-0.4, -0.2) is 23.0 Å². The lowest BCUT2D eigenvalue weighted by Crippen LogP contribution is -2.10. The Bertz CT molecular complexity index is 1650. The lowest BCUT2D eigenvalue weighted by molar-refractivity contribution is 0.721. The predicted molar refractivity (Wildman–Crippen MR) is 163 cm³/mol. The zero-order chi connectivity index (χ0) is 25.5. The molecule has 2 unspecified atom stereocenters. The smallest absolute Gasteiger partial charge is 0.140 e. The third kappa shape index (κ3) is 4.43. The Balaban J connectivity index is 1.41. The van der Waals surface area contributed by atoms with Gasteiger partial charge in [-0.2, -0.15) is 0 Å². The van der Waals surface area contributed by atoms with E-state index in [1.165, 1.54) is 22.2 Å². The number of fused-ring (bicyclic) bond motifs is 2. The van der Waals surface area contributed by atoms with E-state index in [-0.39, 0.29) is 0 Å². The first-order chi connectivity index (χ1) is 18.0. The largest absolute Gasteiger partial charge is 0.327 e. The van der Waals surface area contributed by atoms with E-state index in [1.54, 1.807) is 0 Å². The summed E-state index contributed by atoms with van der Waals surface area (Å²) in [6, 6.07) is 22.0. The maximum atomic E-state index is 5.12. The minimum atomic E-state index is 0.433. The minimum Gasteiger partial charge on any atom is -0.327 e. The average molecular weight is 599 g/mol. The Morgan fingerprint density at radius 1 is 0.919 bits per heavy atom. The molecule has 1 aliphatic carbocycles. The Kier molecular flexibility index (Phi) is 6.49. The number of benzene rings is 3. The standard InChI is InChI=1S/C32H31IN4/c1-4-9-30-35-31-21(2)18-24(32-34-27-12-7-8-13-28(27)36(32)3)19-29(31)37(30)20-22-14-16-23(17-15-22)25-10-5-6-11-26(25)33/h5-8,10-19,25-26H,4,9,20H2,1-3H3. The molecule has 1 aliphatic rings. The van der Waals surface area contributed by atoms with Crippen molar-refractivity contribution in [2.75, 3.05) is 0 Å². The number of imidazole rings is 2. The van der Waals surface area contributed by atoms with Crippen LogP contribution in [0.5, 0.6) is 0 Å². The fourth-order valence-corrected chi connectivity index (χ4v) is 6.36. The number of aromatic nitrogens is 4. The van der Waals surface area contributed by atoms with Gasteiger partial charge in [0.25, 0.3) is 0 Å². The van der Waals surface area contributed by atoms with Crippen LogP contribution in [0.25, 0.3) is 33.5 Å². The molecular weight excluding hydrogens is 567 g/mol. The molecule has 5 aromatic rings. The first kappa shape index (κ1) is 24.2. The first-order valence-electron chi connectivity index (χ1n) is 13.0. The number of halogens is 1. The summed E-state index contributed by atoms with van der Waals surface area (Å²) in [6.45, 7) is 5.21. The van der Waals surface area contributed by atoms with Crippen LogP contribution in [0.4, 0.5) is 0 Å². The molecule has 0 bridgehead atoms. The highest BCUT2D eigenvalue weighted by molar-refractivity contribution is 14.1. The quantitative estimate of drug-likeness (QED) is 0.147. The first-order valence-corrected chi connectivity index (χ1v) is 14.3. The zero-order valence-corrected chi connectivity index (χ0v) is 23.7. The average Bonchev–Trinajstić information content (AvgIpc) is 3.43. The van der Waals surface area contributed by atoms with Crippen LogP contribution in [0, 0.1) is 6.92 Å². The molecule has 0 fully saturated rings. The maximum absolute atomic E-state index is 5.12. The molecule has 0 amide bonds. The number of alkyl halides is 1. The van der Waals surface area contributed by atoms with E-state index in [0.29, 0.717) is 9.84 Å². The Hall–Kier alpha value is -3.19. The number of aryl methyl sites for hydroxylation is 3. The molecule has 0 radical (unpaired) electrons. The van der Waals surface area contributed by atoms with Crippen molar-refractivity contribution in [2.45, 2.75) is 43.1 Å². The second kappa shape index (κ2) is 9.93. The topological polar surface area (TPSA) is 35.6 Å². The van der Waals surface area contributed by atoms with Crippen LogP contribution in [0.1, 0.15) is 41.8 Å². The summed E-state index contributed by atoms with van der Waals surface area (Å²) >= 11 is 2.53. The molecular formula is C32H31IN4. The van der Waals surface area contributed by atoms with Crippen molar-refractivity contribution in [3.8, 4) is 11.4 Å². The van der Waals surface area contributed by atoms with Gasteiger partial charge in [-0.1, -0.05) is 90.2 Å². The summed E-state index contributed by atoms with van der Waals surface area (Å²) in [4.78, 5) is 10.1. The maximum Gasteiger partial charge on any atom is 0.140 e. The van der Waals surface area contributed by atoms with E-state index < -0.39 is 0 Å². The number of para-hydroxylation sites is 2. The lowest BCUT2D eigenvalue weighted by Gasteiger charge is -2.20. The summed E-state index contributed by atoms with van der Waals surface area (Å²) in [5, 5.41) is 0. The highest BCUT2D eigenvalue weighted by atomic mass is 127. The van der Waals surface area contributed by atoms with Gasteiger partial charge in [0.15, 0.2) is 0 Å². The molecule has 0 spiro atoms. The molecule has 4 nitrogen and oxygen atoms in total. The van der Waals surface area contributed by atoms with Gasteiger partial charge in [-0.25, -0.2) is 9.97 Å². The van der Waals surface area contributed by atoms with E-state index in [0.717, 1.165) is 53.1 Å². The van der Waals surface area contributed by atoms with Crippen LogP contribution in [0.2, 0.25) is 0 Å². The summed E-state index contributed by atoms with van der Waals surface area (Å²) in [7, 11) is 2.10. The fraction of sp³-hybridized carbons (Fsp3) is 0.250. The summed E-state index contributed by atoms with van der Waals surface area (Å²) in [5.41, 5.74) is 9.43. The van der Waals surface area contributed by atoms with E-state index in [2.05, 4.69) is 132 Å². The molecule has 5 heteroatoms. The second-order valence-corrected chi connectivity index (χ2v) is 11.4. The third-order valence-electron chi connectivity index (χ3n) is 7.42. The molecule has 0 N–H and O–H groups in total. The SMILES string of the molecule is CCCc1nc2c(C)cc(-c3nc4ccccc4n3C)cc2n1Cc1ccc(C2C=CC=CC2I)cc1. The number of rotatable bonds is 6. The Morgan fingerprint density at radius 2 is 1.70 bits per heavy atom. The molecule has 0 saturated carbocycles. The van der Waals surface area contributed by atoms with Gasteiger partial charge in [0, 0.05) is 35.4 Å². The zero-order valence-electron chi connectivity index (χ0n) is 21.5. The van der Waals surface area contributed by atoms with Crippen LogP contribution >= 0.6 is 22.6 Å². The summed E-state index contributed by atoms with van der Waals surface area (Å²) in [6.07, 6.45) is 10.9. The van der Waals surface area contributed by atoms with E-state index in [9.17, 15) is 0 Å². The minimum absolute atomic E-state index is 0.433. The van der Waals surface area contributed by atoms with Gasteiger partial charge in [-0.15, -0.1) is 0 Å². The van der Waals surface area contributed by atoms with Crippen LogP contribution in [0.15, 0.2) is 85.0 Å². The van der Waals surface area contributed by atoms with Gasteiger partial charge in [-0.05, 0) is 54.3 Å². The van der Waals surface area contributed by atoms with Crippen LogP contribution < -0.4 is 0 Å². The van der Waals surface area contributed by atoms with Crippen molar-refractivity contribution < 1.29 is 0 Å². The van der Waals surface area contributed by atoms with E-state index in [4.69, 9.17) is 9.97 Å². The van der Waals surface area contributed by atoms with Gasteiger partial charge in [0.1, 0.15) is 11.6 Å². The molecule has 6 rings (SSSR count). The van der Waals surface area contributed by atoms with Gasteiger partial charge in [0.2, 0.25) is 0 Å². The lowest BCUT2D eigenvalue weighted by atomic mass is 9.92. The number of nitrogens with zero attached hydrogens (tertiary/aromatic N) is 4.